The van der Waals surface area contributed by atoms with Gasteiger partial charge in [0.25, 0.3) is 0 Å². The molecule has 5 nitrogen and oxygen atoms in total. The Morgan fingerprint density at radius 2 is 2.42 bits per heavy atom. The van der Waals surface area contributed by atoms with Crippen LogP contribution in [-0.2, 0) is 4.79 Å². The lowest BCUT2D eigenvalue weighted by atomic mass is 10.2. The first-order chi connectivity index (χ1) is 9.20. The highest BCUT2D eigenvalue weighted by molar-refractivity contribution is 5.81. The van der Waals surface area contributed by atoms with Gasteiger partial charge in [0.15, 0.2) is 0 Å². The molecule has 1 aromatic rings. The van der Waals surface area contributed by atoms with Gasteiger partial charge < -0.3 is 15.8 Å². The number of amides is 1. The maximum absolute atomic E-state index is 11.7. The molecule has 2 rings (SSSR count). The first-order valence-electron chi connectivity index (χ1n) is 6.64. The second kappa shape index (κ2) is 6.43. The minimum Gasteiger partial charge on any atom is -0.492 e. The summed E-state index contributed by atoms with van der Waals surface area (Å²) in [5.41, 5.74) is 6.39. The highest BCUT2D eigenvalue weighted by atomic mass is 16.5. The molecule has 1 saturated heterocycles. The average Bonchev–Trinajstić information content (AvgIpc) is 2.86. The third kappa shape index (κ3) is 3.61. The van der Waals surface area contributed by atoms with Crippen LogP contribution in [0.4, 0.5) is 5.69 Å². The highest BCUT2D eigenvalue weighted by Crippen LogP contribution is 2.18. The number of hydrogen-bond donors (Lipinski definition) is 2. The number of ether oxygens (including phenoxy) is 1. The first kappa shape index (κ1) is 13.7. The van der Waals surface area contributed by atoms with Crippen LogP contribution in [0, 0.1) is 0 Å². The van der Waals surface area contributed by atoms with Gasteiger partial charge in [-0.1, -0.05) is 6.07 Å². The van der Waals surface area contributed by atoms with Crippen molar-refractivity contribution < 1.29 is 9.53 Å². The Kier molecular flexibility index (Phi) is 4.63. The number of nitrogens with two attached hydrogens (primary N) is 1. The Morgan fingerprint density at radius 3 is 3.16 bits per heavy atom. The van der Waals surface area contributed by atoms with Crippen LogP contribution in [-0.4, -0.2) is 43.6 Å². The van der Waals surface area contributed by atoms with E-state index in [1.807, 2.05) is 18.2 Å². The molecule has 3 N–H and O–H groups in total. The topological polar surface area (TPSA) is 67.6 Å². The van der Waals surface area contributed by atoms with Crippen molar-refractivity contribution >= 4 is 11.6 Å². The van der Waals surface area contributed by atoms with Gasteiger partial charge in [-0.15, -0.1) is 0 Å². The van der Waals surface area contributed by atoms with Gasteiger partial charge in [0.1, 0.15) is 12.4 Å². The number of likely N-dealkylation sites (tertiary alicyclic amines) is 1. The Hall–Kier alpha value is -1.75. The monoisotopic (exact) mass is 263 g/mol. The number of likely N-dealkylation sites (N-methyl/N-ethyl adjacent to an activating group) is 1. The Bertz CT molecular complexity index is 436. The molecule has 0 spiro atoms. The van der Waals surface area contributed by atoms with E-state index >= 15 is 0 Å². The van der Waals surface area contributed by atoms with Crippen molar-refractivity contribution in [2.24, 2.45) is 0 Å². The van der Waals surface area contributed by atoms with E-state index in [9.17, 15) is 4.79 Å². The molecule has 1 atom stereocenters. The summed E-state index contributed by atoms with van der Waals surface area (Å²) in [5.74, 6) is 0.872. The molecular formula is C14H21N3O2. The lowest BCUT2D eigenvalue weighted by molar-refractivity contribution is -0.125. The molecule has 1 aliphatic rings. The van der Waals surface area contributed by atoms with E-state index in [4.69, 9.17) is 10.5 Å². The third-order valence-electron chi connectivity index (χ3n) is 3.42. The molecule has 0 aliphatic carbocycles. The number of nitrogen functional groups attached to an aromatic ring is 1. The maximum atomic E-state index is 11.7. The van der Waals surface area contributed by atoms with Crippen LogP contribution >= 0.6 is 0 Å². The van der Waals surface area contributed by atoms with E-state index in [1.54, 1.807) is 13.1 Å². The summed E-state index contributed by atoms with van der Waals surface area (Å²) >= 11 is 0. The summed E-state index contributed by atoms with van der Waals surface area (Å²) in [4.78, 5) is 13.9. The molecule has 1 unspecified atom stereocenters. The van der Waals surface area contributed by atoms with Gasteiger partial charge in [-0.25, -0.2) is 0 Å². The van der Waals surface area contributed by atoms with E-state index in [1.165, 1.54) is 0 Å². The molecule has 5 heteroatoms. The minimum absolute atomic E-state index is 0.00515. The molecule has 0 saturated carbocycles. The van der Waals surface area contributed by atoms with E-state index < -0.39 is 0 Å². The van der Waals surface area contributed by atoms with Crippen LogP contribution in [0.1, 0.15) is 12.8 Å². The van der Waals surface area contributed by atoms with Crippen molar-refractivity contribution in [3.8, 4) is 5.75 Å². The number of nitrogens with one attached hydrogen (secondary N) is 1. The maximum Gasteiger partial charge on any atom is 0.237 e. The normalized spacial score (nSPS) is 19.3. The number of benzene rings is 1. The van der Waals surface area contributed by atoms with Crippen LogP contribution in [0.2, 0.25) is 0 Å². The molecule has 0 aromatic heterocycles. The van der Waals surface area contributed by atoms with E-state index in [2.05, 4.69) is 10.2 Å². The second-order valence-electron chi connectivity index (χ2n) is 4.73. The molecule has 19 heavy (non-hydrogen) atoms. The fraction of sp³-hybridized carbons (Fsp3) is 0.500. The molecule has 1 fully saturated rings. The van der Waals surface area contributed by atoms with Gasteiger partial charge >= 0.3 is 0 Å². The molecular weight excluding hydrogens is 242 g/mol. The summed E-state index contributed by atoms with van der Waals surface area (Å²) in [7, 11) is 1.68. The van der Waals surface area contributed by atoms with Crippen molar-refractivity contribution in [1.82, 2.24) is 10.2 Å². The molecule has 1 aromatic carbocycles. The quantitative estimate of drug-likeness (QED) is 0.773. The number of hydrogen-bond acceptors (Lipinski definition) is 4. The first-order valence-corrected chi connectivity index (χ1v) is 6.64. The molecule has 0 bridgehead atoms. The van der Waals surface area contributed by atoms with Crippen molar-refractivity contribution in [3.05, 3.63) is 24.3 Å². The summed E-state index contributed by atoms with van der Waals surface area (Å²) in [6, 6.07) is 7.38. The van der Waals surface area contributed by atoms with Gasteiger partial charge in [-0.3, -0.25) is 9.69 Å². The molecule has 1 heterocycles. The molecule has 1 amide bonds. The SMILES string of the molecule is CNC(=O)C1CCCN1CCOc1cccc(N)c1. The van der Waals surface area contributed by atoms with Crippen molar-refractivity contribution in [2.75, 3.05) is 32.5 Å². The van der Waals surface area contributed by atoms with Crippen LogP contribution in [0.25, 0.3) is 0 Å². The molecule has 0 radical (unpaired) electrons. The van der Waals surface area contributed by atoms with Crippen molar-refractivity contribution in [1.29, 1.82) is 0 Å². The number of rotatable bonds is 5. The summed E-state index contributed by atoms with van der Waals surface area (Å²) in [6.07, 6.45) is 1.99. The van der Waals surface area contributed by atoms with Gasteiger partial charge in [-0.2, -0.15) is 0 Å². The Balaban J connectivity index is 1.80. The predicted molar refractivity (Wildman–Crippen MR) is 75.0 cm³/mol. The van der Waals surface area contributed by atoms with Gasteiger partial charge in [0, 0.05) is 25.3 Å². The van der Waals surface area contributed by atoms with Crippen molar-refractivity contribution in [3.63, 3.8) is 0 Å². The lowest BCUT2D eigenvalue weighted by Gasteiger charge is -2.22. The lowest BCUT2D eigenvalue weighted by Crippen LogP contribution is -2.43. The average molecular weight is 263 g/mol. The fourth-order valence-corrected chi connectivity index (χ4v) is 2.44. The second-order valence-corrected chi connectivity index (χ2v) is 4.73. The number of carbonyl (C=O) groups is 1. The van der Waals surface area contributed by atoms with E-state index in [0.717, 1.165) is 31.7 Å². The summed E-state index contributed by atoms with van der Waals surface area (Å²) in [6.45, 7) is 2.28. The zero-order valence-electron chi connectivity index (χ0n) is 11.3. The van der Waals surface area contributed by atoms with Crippen molar-refractivity contribution in [2.45, 2.75) is 18.9 Å². The predicted octanol–water partition coefficient (Wildman–Crippen LogP) is 0.858. The van der Waals surface area contributed by atoms with Crippen LogP contribution in [0.15, 0.2) is 24.3 Å². The van der Waals surface area contributed by atoms with Crippen LogP contribution in [0.5, 0.6) is 5.75 Å². The number of carbonyl (C=O) groups excluding carboxylic acids is 1. The zero-order valence-corrected chi connectivity index (χ0v) is 11.3. The zero-order chi connectivity index (χ0) is 13.7. The van der Waals surface area contributed by atoms with Gasteiger partial charge in [0.05, 0.1) is 6.04 Å². The standard InChI is InChI=1S/C14H21N3O2/c1-16-14(18)13-6-3-7-17(13)8-9-19-12-5-2-4-11(15)10-12/h2,4-5,10,13H,3,6-9,15H2,1H3,(H,16,18). The molecule has 104 valence electrons. The third-order valence-corrected chi connectivity index (χ3v) is 3.42. The Labute approximate surface area is 113 Å². The number of anilines is 1. The van der Waals surface area contributed by atoms with Crippen LogP contribution in [0.3, 0.4) is 0 Å². The highest BCUT2D eigenvalue weighted by Gasteiger charge is 2.29. The van der Waals surface area contributed by atoms with Gasteiger partial charge in [0.2, 0.25) is 5.91 Å². The van der Waals surface area contributed by atoms with Gasteiger partial charge in [-0.05, 0) is 31.5 Å². The number of nitrogens with zero attached hydrogens (tertiary/aromatic N) is 1. The minimum atomic E-state index is -0.00515. The smallest absolute Gasteiger partial charge is 0.237 e. The molecule has 1 aliphatic heterocycles. The summed E-state index contributed by atoms with van der Waals surface area (Å²) in [5, 5.41) is 2.71. The van der Waals surface area contributed by atoms with E-state index in [-0.39, 0.29) is 11.9 Å². The van der Waals surface area contributed by atoms with E-state index in [0.29, 0.717) is 12.3 Å². The largest absolute Gasteiger partial charge is 0.492 e. The fourth-order valence-electron chi connectivity index (χ4n) is 2.44. The van der Waals surface area contributed by atoms with Crippen LogP contribution < -0.4 is 15.8 Å². The Morgan fingerprint density at radius 1 is 1.58 bits per heavy atom. The summed E-state index contributed by atoms with van der Waals surface area (Å²) < 4.78 is 5.66.